The van der Waals surface area contributed by atoms with Gasteiger partial charge < -0.3 is 0 Å². The topological polar surface area (TPSA) is 34.1 Å². The highest BCUT2D eigenvalue weighted by Gasteiger charge is 2.29. The molecule has 2 heteroatoms. The first kappa shape index (κ1) is 16.2. The van der Waals surface area contributed by atoms with Gasteiger partial charge in [-0.25, -0.2) is 0 Å². The Kier molecular flexibility index (Phi) is 4.10. The lowest BCUT2D eigenvalue weighted by atomic mass is 9.82. The molecule has 4 rings (SSSR count). The molecule has 1 atom stereocenters. The Hall–Kier alpha value is -3.26. The van der Waals surface area contributed by atoms with Crippen molar-refractivity contribution in [3.63, 3.8) is 0 Å². The Bertz CT molecular complexity index is 1070. The van der Waals surface area contributed by atoms with E-state index in [-0.39, 0.29) is 11.6 Å². The van der Waals surface area contributed by atoms with Gasteiger partial charge in [0.15, 0.2) is 5.78 Å². The number of Topliss-reactive ketones (excluding diaryl/α,β-unsaturated/α-hetero) is 2. The van der Waals surface area contributed by atoms with E-state index in [0.717, 1.165) is 27.1 Å². The Morgan fingerprint density at radius 3 is 1.73 bits per heavy atom. The van der Waals surface area contributed by atoms with Crippen molar-refractivity contribution in [1.29, 1.82) is 0 Å². The molecule has 0 aliphatic carbocycles. The van der Waals surface area contributed by atoms with Crippen molar-refractivity contribution in [2.24, 2.45) is 0 Å². The first-order chi connectivity index (χ1) is 12.7. The second kappa shape index (κ2) is 6.57. The average molecular weight is 338 g/mol. The Balaban J connectivity index is 2.05. The number of carbonyl (C=O) groups is 2. The lowest BCUT2D eigenvalue weighted by molar-refractivity contribution is -0.117. The number of benzene rings is 4. The van der Waals surface area contributed by atoms with Crippen molar-refractivity contribution in [2.75, 3.05) is 0 Å². The van der Waals surface area contributed by atoms with Crippen LogP contribution in [0.3, 0.4) is 0 Å². The quantitative estimate of drug-likeness (QED) is 0.278. The summed E-state index contributed by atoms with van der Waals surface area (Å²) < 4.78 is 0. The van der Waals surface area contributed by atoms with Crippen LogP contribution in [0.5, 0.6) is 0 Å². The third-order valence-electron chi connectivity index (χ3n) is 4.83. The smallest absolute Gasteiger partial charge is 0.177 e. The second-order valence-electron chi connectivity index (χ2n) is 6.51. The van der Waals surface area contributed by atoms with Crippen molar-refractivity contribution < 1.29 is 9.59 Å². The molecule has 0 saturated carbocycles. The fourth-order valence-electron chi connectivity index (χ4n) is 3.65. The van der Waals surface area contributed by atoms with Crippen LogP contribution in [0.15, 0.2) is 84.9 Å². The highest BCUT2D eigenvalue weighted by molar-refractivity contribution is 6.19. The minimum absolute atomic E-state index is 0.139. The molecule has 1 unspecified atom stereocenters. The van der Waals surface area contributed by atoms with Gasteiger partial charge in [0, 0.05) is 5.56 Å². The zero-order chi connectivity index (χ0) is 18.1. The van der Waals surface area contributed by atoms with Gasteiger partial charge in [0.25, 0.3) is 0 Å². The van der Waals surface area contributed by atoms with Crippen LogP contribution in [0.1, 0.15) is 28.8 Å². The first-order valence-corrected chi connectivity index (χ1v) is 8.67. The number of fused-ring (bicyclic) bond motifs is 2. The molecule has 0 spiro atoms. The third kappa shape index (κ3) is 2.70. The van der Waals surface area contributed by atoms with Crippen LogP contribution in [0, 0.1) is 0 Å². The van der Waals surface area contributed by atoms with Gasteiger partial charge in [-0.15, -0.1) is 0 Å². The Morgan fingerprint density at radius 1 is 0.692 bits per heavy atom. The van der Waals surface area contributed by atoms with E-state index in [9.17, 15) is 9.59 Å². The predicted octanol–water partition coefficient (Wildman–Crippen LogP) is 5.55. The molecule has 0 saturated heterocycles. The number of ketones is 2. The third-order valence-corrected chi connectivity index (χ3v) is 4.83. The molecule has 2 nitrogen and oxygen atoms in total. The SMILES string of the molecule is CC(=O)C(C(=O)c1ccccc1)c1c2ccccc2cc2ccccc12. The molecule has 4 aromatic carbocycles. The largest absolute Gasteiger partial charge is 0.299 e. The maximum Gasteiger partial charge on any atom is 0.177 e. The highest BCUT2D eigenvalue weighted by atomic mass is 16.1. The molecular weight excluding hydrogens is 320 g/mol. The van der Waals surface area contributed by atoms with Crippen molar-refractivity contribution in [2.45, 2.75) is 12.8 Å². The van der Waals surface area contributed by atoms with Crippen LogP contribution in [0.2, 0.25) is 0 Å². The van der Waals surface area contributed by atoms with E-state index in [1.165, 1.54) is 6.92 Å². The van der Waals surface area contributed by atoms with Gasteiger partial charge >= 0.3 is 0 Å². The Morgan fingerprint density at radius 2 is 1.19 bits per heavy atom. The molecule has 0 heterocycles. The van der Waals surface area contributed by atoms with Crippen LogP contribution < -0.4 is 0 Å². The summed E-state index contributed by atoms with van der Waals surface area (Å²) in [6, 6.07) is 27.0. The van der Waals surface area contributed by atoms with Gasteiger partial charge in [-0.05, 0) is 40.1 Å². The molecular formula is C24H18O2. The van der Waals surface area contributed by atoms with Crippen LogP contribution in [-0.4, -0.2) is 11.6 Å². The summed E-state index contributed by atoms with van der Waals surface area (Å²) in [6.07, 6.45) is 0. The molecule has 0 amide bonds. The van der Waals surface area contributed by atoms with E-state index < -0.39 is 5.92 Å². The molecule has 0 N–H and O–H groups in total. The van der Waals surface area contributed by atoms with Crippen molar-refractivity contribution >= 4 is 33.1 Å². The molecule has 126 valence electrons. The first-order valence-electron chi connectivity index (χ1n) is 8.67. The summed E-state index contributed by atoms with van der Waals surface area (Å²) in [5.41, 5.74) is 1.37. The predicted molar refractivity (Wildman–Crippen MR) is 106 cm³/mol. The average Bonchev–Trinajstić information content (AvgIpc) is 2.68. The zero-order valence-corrected chi connectivity index (χ0v) is 14.5. The van der Waals surface area contributed by atoms with Crippen molar-refractivity contribution in [3.8, 4) is 0 Å². The van der Waals surface area contributed by atoms with E-state index >= 15 is 0 Å². The van der Waals surface area contributed by atoms with Gasteiger partial charge in [-0.3, -0.25) is 9.59 Å². The normalized spacial score (nSPS) is 12.2. The summed E-state index contributed by atoms with van der Waals surface area (Å²) in [5, 5.41) is 3.98. The number of hydrogen-bond acceptors (Lipinski definition) is 2. The van der Waals surface area contributed by atoms with E-state index in [4.69, 9.17) is 0 Å². The zero-order valence-electron chi connectivity index (χ0n) is 14.5. The minimum atomic E-state index is -0.812. The molecule has 26 heavy (non-hydrogen) atoms. The summed E-state index contributed by atoms with van der Waals surface area (Å²) in [4.78, 5) is 25.9. The van der Waals surface area contributed by atoms with Crippen LogP contribution in [0.25, 0.3) is 21.5 Å². The molecule has 0 aliphatic rings. The van der Waals surface area contributed by atoms with Crippen LogP contribution in [0.4, 0.5) is 0 Å². The molecule has 0 aromatic heterocycles. The summed E-state index contributed by atoms with van der Waals surface area (Å²) in [5.74, 6) is -1.10. The fraction of sp³-hybridized carbons (Fsp3) is 0.0833. The minimum Gasteiger partial charge on any atom is -0.299 e. The van der Waals surface area contributed by atoms with Gasteiger partial charge in [0.2, 0.25) is 0 Å². The van der Waals surface area contributed by atoms with Gasteiger partial charge in [0.05, 0.1) is 0 Å². The second-order valence-corrected chi connectivity index (χ2v) is 6.51. The van der Waals surface area contributed by atoms with E-state index in [1.54, 1.807) is 12.1 Å². The number of rotatable bonds is 4. The maximum absolute atomic E-state index is 13.3. The monoisotopic (exact) mass is 338 g/mol. The highest BCUT2D eigenvalue weighted by Crippen LogP contribution is 2.36. The standard InChI is InChI=1S/C24H18O2/c1-16(25)22(24(26)17-9-3-2-4-10-17)23-20-13-7-5-11-18(20)15-19-12-6-8-14-21(19)23/h2-15,22H,1H3. The van der Waals surface area contributed by atoms with Crippen molar-refractivity contribution in [1.82, 2.24) is 0 Å². The van der Waals surface area contributed by atoms with Crippen molar-refractivity contribution in [3.05, 3.63) is 96.1 Å². The Labute approximate surface area is 152 Å². The van der Waals surface area contributed by atoms with E-state index in [1.807, 2.05) is 66.7 Å². The van der Waals surface area contributed by atoms with Gasteiger partial charge in [-0.1, -0.05) is 78.9 Å². The lowest BCUT2D eigenvalue weighted by Gasteiger charge is -2.19. The number of hydrogen-bond donors (Lipinski definition) is 0. The van der Waals surface area contributed by atoms with E-state index in [2.05, 4.69) is 6.07 Å². The molecule has 4 aromatic rings. The van der Waals surface area contributed by atoms with E-state index in [0.29, 0.717) is 5.56 Å². The summed E-state index contributed by atoms with van der Waals surface area (Å²) >= 11 is 0. The van der Waals surface area contributed by atoms with Crippen LogP contribution in [-0.2, 0) is 4.79 Å². The maximum atomic E-state index is 13.3. The molecule has 0 radical (unpaired) electrons. The van der Waals surface area contributed by atoms with Gasteiger partial charge in [-0.2, -0.15) is 0 Å². The molecule has 0 bridgehead atoms. The summed E-state index contributed by atoms with van der Waals surface area (Å²) in [6.45, 7) is 1.50. The number of carbonyl (C=O) groups excluding carboxylic acids is 2. The van der Waals surface area contributed by atoms with Gasteiger partial charge in [0.1, 0.15) is 11.7 Å². The summed E-state index contributed by atoms with van der Waals surface area (Å²) in [7, 11) is 0. The fourth-order valence-corrected chi connectivity index (χ4v) is 3.65. The molecule has 0 fully saturated rings. The van der Waals surface area contributed by atoms with Crippen LogP contribution >= 0.6 is 0 Å². The lowest BCUT2D eigenvalue weighted by Crippen LogP contribution is -2.20. The molecule has 0 aliphatic heterocycles.